The Hall–Kier alpha value is -0.520. The van der Waals surface area contributed by atoms with Crippen LogP contribution < -0.4 is 5.32 Å². The van der Waals surface area contributed by atoms with Crippen molar-refractivity contribution in [2.45, 2.75) is 37.2 Å². The summed E-state index contributed by atoms with van der Waals surface area (Å²) in [4.78, 5) is 13.1. The van der Waals surface area contributed by atoms with Crippen molar-refractivity contribution in [3.8, 4) is 0 Å². The van der Waals surface area contributed by atoms with Crippen LogP contribution in [0.15, 0.2) is 33.6 Å². The summed E-state index contributed by atoms with van der Waals surface area (Å²) in [5.41, 5.74) is -0.685. The average molecular weight is 346 g/mol. The second-order valence-corrected chi connectivity index (χ2v) is 6.83. The normalized spacial score (nSPS) is 14.2. The Morgan fingerprint density at radius 1 is 1.53 bits per heavy atom. The lowest BCUT2D eigenvalue weighted by molar-refractivity contribution is -0.147. The first kappa shape index (κ1) is 16.5. The Bertz CT molecular complexity index is 439. The number of thioether (sulfide) groups is 1. The van der Waals surface area contributed by atoms with Gasteiger partial charge in [-0.1, -0.05) is 22.0 Å². The first-order valence-corrected chi connectivity index (χ1v) is 7.90. The minimum absolute atomic E-state index is 0.215. The van der Waals surface area contributed by atoms with E-state index in [-0.39, 0.29) is 12.0 Å². The number of benzene rings is 1. The zero-order valence-electron chi connectivity index (χ0n) is 11.7. The van der Waals surface area contributed by atoms with Gasteiger partial charge in [0.25, 0.3) is 0 Å². The molecule has 0 aliphatic carbocycles. The molecule has 5 heteroatoms. The topological polar surface area (TPSA) is 38.3 Å². The molecule has 0 spiro atoms. The Morgan fingerprint density at radius 3 is 2.74 bits per heavy atom. The van der Waals surface area contributed by atoms with Gasteiger partial charge in [-0.15, -0.1) is 11.8 Å². The third kappa shape index (κ3) is 5.16. The van der Waals surface area contributed by atoms with E-state index in [4.69, 9.17) is 4.74 Å². The van der Waals surface area contributed by atoms with Gasteiger partial charge in [-0.3, -0.25) is 10.1 Å². The maximum absolute atomic E-state index is 12.0. The van der Waals surface area contributed by atoms with E-state index in [1.54, 1.807) is 11.8 Å². The highest BCUT2D eigenvalue weighted by atomic mass is 79.9. The highest BCUT2D eigenvalue weighted by Crippen LogP contribution is 2.26. The molecule has 0 aliphatic rings. The van der Waals surface area contributed by atoms with Gasteiger partial charge < -0.3 is 4.74 Å². The summed E-state index contributed by atoms with van der Waals surface area (Å²) in [6.45, 7) is 5.92. The molecule has 0 saturated heterocycles. The van der Waals surface area contributed by atoms with E-state index in [0.717, 1.165) is 9.37 Å². The van der Waals surface area contributed by atoms with Crippen molar-refractivity contribution in [1.29, 1.82) is 0 Å². The van der Waals surface area contributed by atoms with Crippen LogP contribution in [0.5, 0.6) is 0 Å². The van der Waals surface area contributed by atoms with Crippen LogP contribution in [0.2, 0.25) is 0 Å². The lowest BCUT2D eigenvalue weighted by Crippen LogP contribution is -2.54. The molecule has 0 heterocycles. The second-order valence-electron chi connectivity index (χ2n) is 4.87. The first-order chi connectivity index (χ1) is 8.87. The van der Waals surface area contributed by atoms with Gasteiger partial charge >= 0.3 is 5.97 Å². The van der Waals surface area contributed by atoms with Crippen LogP contribution >= 0.6 is 27.7 Å². The molecule has 0 aromatic heterocycles. The number of methoxy groups -OCH3 is 1. The van der Waals surface area contributed by atoms with Gasteiger partial charge in [0.15, 0.2) is 0 Å². The van der Waals surface area contributed by atoms with Gasteiger partial charge in [-0.05, 0) is 39.0 Å². The Balaban J connectivity index is 2.75. The molecule has 0 amide bonds. The second kappa shape index (κ2) is 7.31. The van der Waals surface area contributed by atoms with Crippen LogP contribution in [-0.4, -0.2) is 30.4 Å². The number of halogens is 1. The largest absolute Gasteiger partial charge is 0.468 e. The number of hydrogen-bond acceptors (Lipinski definition) is 4. The van der Waals surface area contributed by atoms with E-state index in [9.17, 15) is 4.79 Å². The van der Waals surface area contributed by atoms with Crippen molar-refractivity contribution in [2.24, 2.45) is 0 Å². The van der Waals surface area contributed by atoms with Gasteiger partial charge in [-0.2, -0.15) is 0 Å². The summed E-state index contributed by atoms with van der Waals surface area (Å²) in [6.07, 6.45) is 0. The summed E-state index contributed by atoms with van der Waals surface area (Å²) < 4.78 is 5.94. The lowest BCUT2D eigenvalue weighted by Gasteiger charge is -2.29. The van der Waals surface area contributed by atoms with Crippen LogP contribution in [0.25, 0.3) is 0 Å². The minimum Gasteiger partial charge on any atom is -0.468 e. The molecule has 0 aliphatic heterocycles. The number of carbonyl (C=O) groups excluding carboxylic acids is 1. The fraction of sp³-hybridized carbons (Fsp3) is 0.500. The molecule has 1 atom stereocenters. The van der Waals surface area contributed by atoms with Crippen molar-refractivity contribution < 1.29 is 9.53 Å². The van der Waals surface area contributed by atoms with Crippen molar-refractivity contribution >= 4 is 33.7 Å². The third-order valence-corrected chi connectivity index (χ3v) is 4.37. The van der Waals surface area contributed by atoms with Crippen LogP contribution in [0.4, 0.5) is 0 Å². The molecule has 19 heavy (non-hydrogen) atoms. The summed E-state index contributed by atoms with van der Waals surface area (Å²) in [7, 11) is 1.42. The minimum atomic E-state index is -0.685. The highest BCUT2D eigenvalue weighted by molar-refractivity contribution is 9.10. The van der Waals surface area contributed by atoms with E-state index in [2.05, 4.69) is 21.2 Å². The van der Waals surface area contributed by atoms with Crippen LogP contribution in [0, 0.1) is 0 Å². The molecule has 0 radical (unpaired) electrons. The van der Waals surface area contributed by atoms with Crippen molar-refractivity contribution in [2.75, 3.05) is 12.9 Å². The van der Waals surface area contributed by atoms with Crippen molar-refractivity contribution in [3.05, 3.63) is 28.7 Å². The average Bonchev–Trinajstić information content (AvgIpc) is 2.34. The number of hydrogen-bond donors (Lipinski definition) is 1. The summed E-state index contributed by atoms with van der Waals surface area (Å²) in [5.74, 6) is 0.387. The standard InChI is InChI=1S/C14H20BrNO2S/c1-10(2)16-14(3,13(17)18-4)9-19-12-7-5-6-11(15)8-12/h5-8,10,16H,9H2,1-4H3. The molecule has 0 bridgehead atoms. The van der Waals surface area contributed by atoms with Crippen LogP contribution in [-0.2, 0) is 9.53 Å². The van der Waals surface area contributed by atoms with E-state index in [1.807, 2.05) is 45.0 Å². The van der Waals surface area contributed by atoms with Crippen LogP contribution in [0.3, 0.4) is 0 Å². The first-order valence-electron chi connectivity index (χ1n) is 6.12. The van der Waals surface area contributed by atoms with E-state index in [0.29, 0.717) is 5.75 Å². The molecule has 1 unspecified atom stereocenters. The smallest absolute Gasteiger partial charge is 0.326 e. The number of nitrogens with one attached hydrogen (secondary N) is 1. The number of carbonyl (C=O) groups is 1. The molecular weight excluding hydrogens is 326 g/mol. The summed E-state index contributed by atoms with van der Waals surface area (Å²) in [6, 6.07) is 8.25. The molecule has 1 rings (SSSR count). The molecule has 1 N–H and O–H groups in total. The molecule has 106 valence electrons. The molecular formula is C14H20BrNO2S. The van der Waals surface area contributed by atoms with Gasteiger partial charge in [0.1, 0.15) is 5.54 Å². The van der Waals surface area contributed by atoms with E-state index < -0.39 is 5.54 Å². The van der Waals surface area contributed by atoms with E-state index in [1.165, 1.54) is 7.11 Å². The summed E-state index contributed by atoms with van der Waals surface area (Å²) in [5, 5.41) is 3.28. The molecule has 1 aromatic rings. The monoisotopic (exact) mass is 345 g/mol. The number of ether oxygens (including phenoxy) is 1. The Labute approximate surface area is 127 Å². The fourth-order valence-corrected chi connectivity index (χ4v) is 3.40. The van der Waals surface area contributed by atoms with E-state index >= 15 is 0 Å². The Kier molecular flexibility index (Phi) is 6.36. The number of esters is 1. The maximum Gasteiger partial charge on any atom is 0.326 e. The lowest BCUT2D eigenvalue weighted by atomic mass is 10.0. The molecule has 0 fully saturated rings. The SMILES string of the molecule is COC(=O)C(C)(CSc1cccc(Br)c1)NC(C)C. The predicted molar refractivity (Wildman–Crippen MR) is 83.6 cm³/mol. The van der Waals surface area contributed by atoms with Gasteiger partial charge in [-0.25, -0.2) is 0 Å². The zero-order chi connectivity index (χ0) is 14.5. The van der Waals surface area contributed by atoms with Crippen molar-refractivity contribution in [1.82, 2.24) is 5.32 Å². The molecule has 1 aromatic carbocycles. The summed E-state index contributed by atoms with van der Waals surface area (Å²) >= 11 is 5.08. The Morgan fingerprint density at radius 2 is 2.21 bits per heavy atom. The van der Waals surface area contributed by atoms with Gasteiger partial charge in [0.05, 0.1) is 7.11 Å². The van der Waals surface area contributed by atoms with Gasteiger partial charge in [0.2, 0.25) is 0 Å². The number of rotatable bonds is 6. The zero-order valence-corrected chi connectivity index (χ0v) is 14.1. The predicted octanol–water partition coefficient (Wildman–Crippen LogP) is 3.47. The van der Waals surface area contributed by atoms with Crippen molar-refractivity contribution in [3.63, 3.8) is 0 Å². The van der Waals surface area contributed by atoms with Crippen LogP contribution in [0.1, 0.15) is 20.8 Å². The third-order valence-electron chi connectivity index (χ3n) is 2.57. The molecule has 0 saturated carbocycles. The molecule has 3 nitrogen and oxygen atoms in total. The fourth-order valence-electron chi connectivity index (χ4n) is 1.81. The highest BCUT2D eigenvalue weighted by Gasteiger charge is 2.34. The quantitative estimate of drug-likeness (QED) is 0.632. The van der Waals surface area contributed by atoms with Gasteiger partial charge in [0, 0.05) is 21.2 Å². The maximum atomic E-state index is 12.0.